The number of benzene rings is 3. The van der Waals surface area contributed by atoms with Crippen LogP contribution in [0.5, 0.6) is 5.75 Å². The van der Waals surface area contributed by atoms with Gasteiger partial charge in [0.05, 0.1) is 6.04 Å². The van der Waals surface area contributed by atoms with Gasteiger partial charge in [-0.25, -0.2) is 0 Å². The van der Waals surface area contributed by atoms with Crippen LogP contribution in [0.25, 0.3) is 0 Å². The highest BCUT2D eigenvalue weighted by Crippen LogP contribution is 2.24. The summed E-state index contributed by atoms with van der Waals surface area (Å²) in [5.74, 6) is 0.216. The number of rotatable bonds is 7. The Bertz CT molecular complexity index is 1040. The molecule has 1 atom stereocenters. The van der Waals surface area contributed by atoms with E-state index in [-0.39, 0.29) is 29.9 Å². The molecule has 0 aliphatic rings. The number of nitrogens with one attached hydrogen (secondary N) is 2. The Morgan fingerprint density at radius 3 is 2.09 bits per heavy atom. The van der Waals surface area contributed by atoms with E-state index in [1.54, 1.807) is 24.3 Å². The average Bonchev–Trinajstić information content (AvgIpc) is 2.78. The van der Waals surface area contributed by atoms with Crippen LogP contribution in [0.4, 0.5) is 5.69 Å². The minimum Gasteiger partial charge on any atom is -0.484 e. The summed E-state index contributed by atoms with van der Waals surface area (Å²) in [5, 5.41) is 5.76. The van der Waals surface area contributed by atoms with Crippen molar-refractivity contribution in [2.24, 2.45) is 0 Å². The van der Waals surface area contributed by atoms with Gasteiger partial charge in [-0.2, -0.15) is 0 Å². The molecule has 5 nitrogen and oxygen atoms in total. The number of ether oxygens (including phenoxy) is 1. The minimum absolute atomic E-state index is 0.0680. The van der Waals surface area contributed by atoms with Gasteiger partial charge in [0.2, 0.25) is 0 Å². The highest BCUT2D eigenvalue weighted by Gasteiger charge is 2.14. The molecule has 3 aromatic carbocycles. The van der Waals surface area contributed by atoms with Gasteiger partial charge in [0.25, 0.3) is 11.8 Å². The van der Waals surface area contributed by atoms with Crippen molar-refractivity contribution in [2.75, 3.05) is 11.9 Å². The van der Waals surface area contributed by atoms with Crippen molar-refractivity contribution >= 4 is 17.5 Å². The summed E-state index contributed by atoms with van der Waals surface area (Å²) < 4.78 is 5.58. The number of hydrogen-bond donors (Lipinski definition) is 2. The van der Waals surface area contributed by atoms with E-state index in [9.17, 15) is 9.59 Å². The fraction of sp³-hybridized carbons (Fsp3) is 0.259. The zero-order chi connectivity index (χ0) is 23.1. The molecular formula is C27H30N2O3. The normalized spacial score (nSPS) is 12.0. The van der Waals surface area contributed by atoms with Crippen LogP contribution in [0.15, 0.2) is 78.9 Å². The lowest BCUT2D eigenvalue weighted by atomic mass is 9.87. The second-order valence-electron chi connectivity index (χ2n) is 8.79. The number of carbonyl (C=O) groups is 2. The summed E-state index contributed by atoms with van der Waals surface area (Å²) in [7, 11) is 0. The first kappa shape index (κ1) is 23.1. The van der Waals surface area contributed by atoms with Gasteiger partial charge >= 0.3 is 0 Å². The Balaban J connectivity index is 1.49. The maximum atomic E-state index is 12.5. The van der Waals surface area contributed by atoms with E-state index < -0.39 is 0 Å². The predicted molar refractivity (Wildman–Crippen MR) is 128 cm³/mol. The third-order valence-electron chi connectivity index (χ3n) is 5.17. The van der Waals surface area contributed by atoms with Crippen molar-refractivity contribution in [3.63, 3.8) is 0 Å². The molecule has 0 aliphatic carbocycles. The molecule has 2 N–H and O–H groups in total. The van der Waals surface area contributed by atoms with Crippen molar-refractivity contribution < 1.29 is 14.3 Å². The van der Waals surface area contributed by atoms with Crippen LogP contribution in [0.3, 0.4) is 0 Å². The highest BCUT2D eigenvalue weighted by atomic mass is 16.5. The molecule has 0 radical (unpaired) electrons. The smallest absolute Gasteiger partial charge is 0.262 e. The van der Waals surface area contributed by atoms with E-state index in [2.05, 4.69) is 31.4 Å². The third kappa shape index (κ3) is 6.45. The number of amides is 2. The first-order valence-electron chi connectivity index (χ1n) is 10.7. The molecule has 0 fully saturated rings. The van der Waals surface area contributed by atoms with Crippen molar-refractivity contribution in [1.29, 1.82) is 0 Å². The standard InChI is InChI=1S/C27H30N2O3/c1-19(20-8-6-5-7-9-20)28-26(31)21-10-14-23(15-11-21)29-25(30)18-32-24-16-12-22(13-17-24)27(2,3)4/h5-17,19H,18H2,1-4H3,(H,28,31)(H,29,30). The van der Waals surface area contributed by atoms with Gasteiger partial charge in [-0.15, -0.1) is 0 Å². The van der Waals surface area contributed by atoms with Gasteiger partial charge in [0.1, 0.15) is 5.75 Å². The maximum Gasteiger partial charge on any atom is 0.262 e. The molecule has 3 aromatic rings. The molecule has 166 valence electrons. The first-order chi connectivity index (χ1) is 15.2. The molecule has 3 rings (SSSR count). The molecule has 0 saturated heterocycles. The summed E-state index contributed by atoms with van der Waals surface area (Å²) in [4.78, 5) is 24.7. The highest BCUT2D eigenvalue weighted by molar-refractivity contribution is 5.96. The largest absolute Gasteiger partial charge is 0.484 e. The first-order valence-corrected chi connectivity index (χ1v) is 10.7. The van der Waals surface area contributed by atoms with E-state index >= 15 is 0 Å². The van der Waals surface area contributed by atoms with Gasteiger partial charge in [-0.05, 0) is 59.9 Å². The molecule has 0 spiro atoms. The van der Waals surface area contributed by atoms with Crippen LogP contribution >= 0.6 is 0 Å². The molecular weight excluding hydrogens is 400 g/mol. The van der Waals surface area contributed by atoms with Crippen LogP contribution in [0.2, 0.25) is 0 Å². The fourth-order valence-corrected chi connectivity index (χ4v) is 3.21. The fourth-order valence-electron chi connectivity index (χ4n) is 3.21. The Morgan fingerprint density at radius 1 is 0.875 bits per heavy atom. The van der Waals surface area contributed by atoms with Crippen LogP contribution in [0.1, 0.15) is 55.2 Å². The molecule has 0 heterocycles. The van der Waals surface area contributed by atoms with Gasteiger partial charge in [0.15, 0.2) is 6.61 Å². The molecule has 0 bridgehead atoms. The Labute approximate surface area is 189 Å². The molecule has 0 aromatic heterocycles. The van der Waals surface area contributed by atoms with Crippen LogP contribution in [-0.2, 0) is 10.2 Å². The van der Waals surface area contributed by atoms with Crippen LogP contribution in [0, 0.1) is 0 Å². The summed E-state index contributed by atoms with van der Waals surface area (Å²) in [5.41, 5.74) is 3.45. The summed E-state index contributed by atoms with van der Waals surface area (Å²) in [6, 6.07) is 24.2. The number of anilines is 1. The lowest BCUT2D eigenvalue weighted by Gasteiger charge is -2.19. The molecule has 0 aliphatic heterocycles. The molecule has 0 saturated carbocycles. The van der Waals surface area contributed by atoms with Crippen molar-refractivity contribution in [1.82, 2.24) is 5.32 Å². The van der Waals surface area contributed by atoms with Gasteiger partial charge in [-0.3, -0.25) is 9.59 Å². The molecule has 5 heteroatoms. The van der Waals surface area contributed by atoms with Gasteiger partial charge < -0.3 is 15.4 Å². The quantitative estimate of drug-likeness (QED) is 0.521. The SMILES string of the molecule is CC(NC(=O)c1ccc(NC(=O)COc2ccc(C(C)(C)C)cc2)cc1)c1ccccc1. The Kier molecular flexibility index (Phi) is 7.31. The van der Waals surface area contributed by atoms with E-state index in [4.69, 9.17) is 4.74 Å². The lowest BCUT2D eigenvalue weighted by molar-refractivity contribution is -0.118. The topological polar surface area (TPSA) is 67.4 Å². The van der Waals surface area contributed by atoms with E-state index in [1.165, 1.54) is 5.56 Å². The van der Waals surface area contributed by atoms with Crippen LogP contribution in [-0.4, -0.2) is 18.4 Å². The predicted octanol–water partition coefficient (Wildman–Crippen LogP) is 5.49. The van der Waals surface area contributed by atoms with Crippen LogP contribution < -0.4 is 15.4 Å². The average molecular weight is 431 g/mol. The van der Waals surface area contributed by atoms with Gasteiger partial charge in [-0.1, -0.05) is 63.2 Å². The molecule has 1 unspecified atom stereocenters. The Hall–Kier alpha value is -3.60. The van der Waals surface area contributed by atoms with Crippen molar-refractivity contribution in [3.8, 4) is 5.75 Å². The van der Waals surface area contributed by atoms with E-state index in [0.717, 1.165) is 5.56 Å². The Morgan fingerprint density at radius 2 is 1.50 bits per heavy atom. The summed E-state index contributed by atoms with van der Waals surface area (Å²) in [6.07, 6.45) is 0. The summed E-state index contributed by atoms with van der Waals surface area (Å²) >= 11 is 0. The second-order valence-corrected chi connectivity index (χ2v) is 8.79. The number of carbonyl (C=O) groups excluding carboxylic acids is 2. The van der Waals surface area contributed by atoms with Crippen molar-refractivity contribution in [2.45, 2.75) is 39.2 Å². The maximum absolute atomic E-state index is 12.5. The minimum atomic E-state index is -0.264. The second kappa shape index (κ2) is 10.1. The summed E-state index contributed by atoms with van der Waals surface area (Å²) in [6.45, 7) is 8.30. The van der Waals surface area contributed by atoms with Gasteiger partial charge in [0, 0.05) is 11.3 Å². The van der Waals surface area contributed by atoms with Crippen molar-refractivity contribution in [3.05, 3.63) is 95.6 Å². The number of hydrogen-bond acceptors (Lipinski definition) is 3. The molecule has 32 heavy (non-hydrogen) atoms. The zero-order valence-corrected chi connectivity index (χ0v) is 19.0. The lowest BCUT2D eigenvalue weighted by Crippen LogP contribution is -2.26. The molecule has 2 amide bonds. The zero-order valence-electron chi connectivity index (χ0n) is 19.0. The van der Waals surface area contributed by atoms with E-state index in [0.29, 0.717) is 17.0 Å². The third-order valence-corrected chi connectivity index (χ3v) is 5.17. The van der Waals surface area contributed by atoms with E-state index in [1.807, 2.05) is 61.5 Å². The monoisotopic (exact) mass is 430 g/mol.